The van der Waals surface area contributed by atoms with Gasteiger partial charge in [-0.15, -0.1) is 0 Å². The second-order valence-electron chi connectivity index (χ2n) is 11.3. The number of hydrogen-bond acceptors (Lipinski definition) is 3. The molecule has 4 aliphatic carbocycles. The van der Waals surface area contributed by atoms with Gasteiger partial charge in [-0.05, 0) is 111 Å². The van der Waals surface area contributed by atoms with Gasteiger partial charge in [0.25, 0.3) is 0 Å². The molecule has 0 amide bonds. The van der Waals surface area contributed by atoms with Gasteiger partial charge in [0.2, 0.25) is 0 Å². The number of aliphatic carboxylic acids is 1. The molecule has 164 valence electrons. The summed E-state index contributed by atoms with van der Waals surface area (Å²) in [5.41, 5.74) is 0.847. The molecule has 0 saturated heterocycles. The highest BCUT2D eigenvalue weighted by molar-refractivity contribution is 5.66. The third kappa shape index (κ3) is 3.74. The summed E-state index contributed by atoms with van der Waals surface area (Å²) in [5, 5.41) is 9.02. The largest absolute Gasteiger partial charge is 0.481 e. The number of rotatable bonds is 5. The van der Waals surface area contributed by atoms with Crippen LogP contribution in [0.5, 0.6) is 0 Å². The molecule has 8 unspecified atom stereocenters. The van der Waals surface area contributed by atoms with E-state index in [-0.39, 0.29) is 12.1 Å². The first-order valence-electron chi connectivity index (χ1n) is 12.1. The van der Waals surface area contributed by atoms with Gasteiger partial charge in [0.05, 0.1) is 0 Å². The zero-order valence-electron chi connectivity index (χ0n) is 18.6. The molecule has 0 aromatic rings. The molecule has 4 heteroatoms. The first-order valence-corrected chi connectivity index (χ1v) is 12.1. The molecule has 8 atom stereocenters. The summed E-state index contributed by atoms with van der Waals surface area (Å²) in [6.07, 6.45) is 13.7. The van der Waals surface area contributed by atoms with Crippen LogP contribution in [0.1, 0.15) is 97.8 Å². The van der Waals surface area contributed by atoms with Crippen molar-refractivity contribution in [2.75, 3.05) is 0 Å². The van der Waals surface area contributed by atoms with Gasteiger partial charge < -0.3 is 9.84 Å². The predicted octanol–water partition coefficient (Wildman–Crippen LogP) is 5.83. The topological polar surface area (TPSA) is 63.6 Å². The summed E-state index contributed by atoms with van der Waals surface area (Å²) in [6, 6.07) is 0. The van der Waals surface area contributed by atoms with E-state index in [1.54, 1.807) is 6.92 Å². The minimum absolute atomic E-state index is 0.124. The Kier molecular flexibility index (Phi) is 5.76. The number of carboxylic acids is 1. The third-order valence-corrected chi connectivity index (χ3v) is 10.1. The van der Waals surface area contributed by atoms with E-state index < -0.39 is 5.97 Å². The van der Waals surface area contributed by atoms with Gasteiger partial charge in [-0.1, -0.05) is 13.8 Å². The lowest BCUT2D eigenvalue weighted by Gasteiger charge is -2.61. The van der Waals surface area contributed by atoms with E-state index in [9.17, 15) is 9.59 Å². The number of ether oxygens (including phenoxy) is 1. The highest BCUT2D eigenvalue weighted by atomic mass is 16.5. The van der Waals surface area contributed by atoms with Gasteiger partial charge in [-0.25, -0.2) is 0 Å². The Balaban J connectivity index is 1.44. The van der Waals surface area contributed by atoms with Crippen LogP contribution in [0.15, 0.2) is 0 Å². The van der Waals surface area contributed by atoms with Crippen molar-refractivity contribution in [3.8, 4) is 0 Å². The molecular weight excluding hydrogens is 364 g/mol. The summed E-state index contributed by atoms with van der Waals surface area (Å²) in [5.74, 6) is 3.17. The lowest BCUT2D eigenvalue weighted by atomic mass is 9.44. The zero-order chi connectivity index (χ0) is 20.8. The fourth-order valence-electron chi connectivity index (χ4n) is 8.64. The van der Waals surface area contributed by atoms with E-state index in [4.69, 9.17) is 9.84 Å². The molecule has 1 N–H and O–H groups in total. The highest BCUT2D eigenvalue weighted by Gasteiger charge is 2.60. The van der Waals surface area contributed by atoms with Crippen LogP contribution in [0, 0.1) is 40.4 Å². The van der Waals surface area contributed by atoms with Gasteiger partial charge in [-0.3, -0.25) is 9.59 Å². The lowest BCUT2D eigenvalue weighted by Crippen LogP contribution is -2.54. The summed E-state index contributed by atoms with van der Waals surface area (Å²) >= 11 is 0. The lowest BCUT2D eigenvalue weighted by molar-refractivity contribution is -0.160. The van der Waals surface area contributed by atoms with Crippen molar-refractivity contribution in [1.29, 1.82) is 0 Å². The Bertz CT molecular complexity index is 645. The maximum absolute atomic E-state index is 11.4. The maximum Gasteiger partial charge on any atom is 0.303 e. The number of fused-ring (bicyclic) bond motifs is 5. The molecule has 0 bridgehead atoms. The quantitative estimate of drug-likeness (QED) is 0.585. The molecule has 4 saturated carbocycles. The average molecular weight is 405 g/mol. The fourth-order valence-corrected chi connectivity index (χ4v) is 8.64. The van der Waals surface area contributed by atoms with Gasteiger partial charge in [0, 0.05) is 13.3 Å². The van der Waals surface area contributed by atoms with E-state index in [0.29, 0.717) is 23.2 Å². The van der Waals surface area contributed by atoms with Crippen molar-refractivity contribution < 1.29 is 19.4 Å². The molecule has 0 aliphatic heterocycles. The Labute approximate surface area is 176 Å². The van der Waals surface area contributed by atoms with E-state index in [1.165, 1.54) is 44.9 Å². The van der Waals surface area contributed by atoms with E-state index in [0.717, 1.165) is 49.4 Å². The number of carbonyl (C=O) groups is 2. The molecule has 0 aromatic heterocycles. The average Bonchev–Trinajstić information content (AvgIpc) is 2.98. The van der Waals surface area contributed by atoms with Crippen LogP contribution in [-0.2, 0) is 14.3 Å². The van der Waals surface area contributed by atoms with Gasteiger partial charge in [0.15, 0.2) is 0 Å². The molecule has 4 rings (SSSR count). The van der Waals surface area contributed by atoms with Crippen molar-refractivity contribution in [1.82, 2.24) is 0 Å². The van der Waals surface area contributed by atoms with Crippen LogP contribution in [0.4, 0.5) is 0 Å². The van der Waals surface area contributed by atoms with Crippen molar-refractivity contribution >= 4 is 11.9 Å². The van der Waals surface area contributed by atoms with Crippen LogP contribution in [0.2, 0.25) is 0 Å². The van der Waals surface area contributed by atoms with Crippen LogP contribution in [0.3, 0.4) is 0 Å². The number of esters is 1. The second kappa shape index (κ2) is 7.89. The van der Waals surface area contributed by atoms with Crippen molar-refractivity contribution in [2.24, 2.45) is 40.4 Å². The summed E-state index contributed by atoms with van der Waals surface area (Å²) in [7, 11) is 0. The molecule has 0 radical (unpaired) electrons. The molecule has 4 nitrogen and oxygen atoms in total. The first-order chi connectivity index (χ1) is 13.7. The zero-order valence-corrected chi connectivity index (χ0v) is 18.6. The van der Waals surface area contributed by atoms with E-state index >= 15 is 0 Å². The van der Waals surface area contributed by atoms with Crippen molar-refractivity contribution in [3.63, 3.8) is 0 Å². The monoisotopic (exact) mass is 404 g/mol. The van der Waals surface area contributed by atoms with Crippen LogP contribution in [0.25, 0.3) is 0 Å². The molecule has 0 heterocycles. The predicted molar refractivity (Wildman–Crippen MR) is 112 cm³/mol. The van der Waals surface area contributed by atoms with Crippen LogP contribution >= 0.6 is 0 Å². The Morgan fingerprint density at radius 2 is 1.69 bits per heavy atom. The fraction of sp³-hybridized carbons (Fsp3) is 0.920. The summed E-state index contributed by atoms with van der Waals surface area (Å²) in [6.45, 7) is 6.64. The van der Waals surface area contributed by atoms with Crippen molar-refractivity contribution in [3.05, 3.63) is 0 Å². The van der Waals surface area contributed by atoms with Gasteiger partial charge in [-0.2, -0.15) is 0 Å². The first kappa shape index (κ1) is 21.2. The summed E-state index contributed by atoms with van der Waals surface area (Å²) < 4.78 is 5.59. The molecule has 4 aliphatic rings. The van der Waals surface area contributed by atoms with Crippen molar-refractivity contribution in [2.45, 2.75) is 104 Å². The number of carbonyl (C=O) groups excluding carboxylic acids is 1. The molecule has 0 spiro atoms. The smallest absolute Gasteiger partial charge is 0.303 e. The maximum atomic E-state index is 11.4. The Morgan fingerprint density at radius 3 is 2.41 bits per heavy atom. The molecule has 29 heavy (non-hydrogen) atoms. The summed E-state index contributed by atoms with van der Waals surface area (Å²) in [4.78, 5) is 22.4. The standard InChI is InChI=1S/C25H40O4/c1-16(26)29-19-11-13-25(3)18(15-19)7-9-20-21-10-8-17(5-4-6-23(27)28)24(21,2)14-12-22(20)25/h17-22H,4-15H2,1-3H3,(H,27,28). The Hall–Kier alpha value is -1.06. The minimum atomic E-state index is -0.649. The normalized spacial score (nSPS) is 46.3. The molecule has 4 fully saturated rings. The second-order valence-corrected chi connectivity index (χ2v) is 11.3. The Morgan fingerprint density at radius 1 is 0.966 bits per heavy atom. The number of carboxylic acid groups (broad SMARTS) is 1. The SMILES string of the molecule is CC(=O)OC1CCC2(C)C(CCC3C4CCC(CCCC(=O)O)C4(C)CCC32)C1. The van der Waals surface area contributed by atoms with Crippen LogP contribution in [-0.4, -0.2) is 23.1 Å². The third-order valence-electron chi connectivity index (χ3n) is 10.1. The molecule has 0 aromatic carbocycles. The molecular formula is C25H40O4. The van der Waals surface area contributed by atoms with Gasteiger partial charge >= 0.3 is 11.9 Å². The highest BCUT2D eigenvalue weighted by Crippen LogP contribution is 2.68. The van der Waals surface area contributed by atoms with Crippen LogP contribution < -0.4 is 0 Å². The number of hydrogen-bond donors (Lipinski definition) is 1. The van der Waals surface area contributed by atoms with Gasteiger partial charge in [0.1, 0.15) is 6.10 Å². The minimum Gasteiger partial charge on any atom is -0.481 e. The van der Waals surface area contributed by atoms with E-state index in [2.05, 4.69) is 13.8 Å². The van der Waals surface area contributed by atoms with E-state index in [1.807, 2.05) is 0 Å².